The van der Waals surface area contributed by atoms with Gasteiger partial charge in [-0.25, -0.2) is 0 Å². The van der Waals surface area contributed by atoms with Crippen molar-refractivity contribution < 1.29 is 9.53 Å². The monoisotopic (exact) mass is 354 g/mol. The van der Waals surface area contributed by atoms with Crippen LogP contribution in [0.15, 0.2) is 48.2 Å². The van der Waals surface area contributed by atoms with Gasteiger partial charge >= 0.3 is 0 Å². The number of pyridine rings is 1. The maximum absolute atomic E-state index is 12.3. The molecule has 0 radical (unpaired) electrons. The van der Waals surface area contributed by atoms with Crippen LogP contribution in [0.5, 0.6) is 5.75 Å². The predicted octanol–water partition coefficient (Wildman–Crippen LogP) is 2.52. The lowest BCUT2D eigenvalue weighted by Gasteiger charge is -2.17. The number of nitrogens with one attached hydrogen (secondary N) is 1. The number of fused-ring (bicyclic) bond motifs is 2. The number of carbonyl (C=O) groups is 1. The molecule has 0 aliphatic carbocycles. The van der Waals surface area contributed by atoms with Crippen LogP contribution in [0, 0.1) is 0 Å². The van der Waals surface area contributed by atoms with Crippen molar-refractivity contribution in [2.45, 2.75) is 6.42 Å². The minimum Gasteiger partial charge on any atom is -0.488 e. The molecule has 0 saturated carbocycles. The van der Waals surface area contributed by atoms with E-state index in [1.54, 1.807) is 18.2 Å². The zero-order valence-corrected chi connectivity index (χ0v) is 14.0. The van der Waals surface area contributed by atoms with Gasteiger partial charge < -0.3 is 10.1 Å². The lowest BCUT2D eigenvalue weighted by Crippen LogP contribution is -2.30. The van der Waals surface area contributed by atoms with Gasteiger partial charge in [0.1, 0.15) is 18.2 Å². The van der Waals surface area contributed by atoms with Gasteiger partial charge in [0.15, 0.2) is 5.65 Å². The summed E-state index contributed by atoms with van der Waals surface area (Å²) in [6.45, 7) is 0.711. The number of carbonyl (C=O) groups excluding carboxylic acids is 1. The second-order valence-electron chi connectivity index (χ2n) is 5.69. The van der Waals surface area contributed by atoms with Crippen molar-refractivity contribution in [2.75, 3.05) is 13.2 Å². The standard InChI is InChI=1S/C18H15ClN4O2/c19-14-4-5-15-12(10-14)9-13(11-25-15)18(24)20-7-6-17-22-21-16-3-1-2-8-23(16)17/h1-5,8-10H,6-7,11H2,(H,20,24). The maximum atomic E-state index is 12.3. The zero-order valence-electron chi connectivity index (χ0n) is 13.3. The van der Waals surface area contributed by atoms with Gasteiger partial charge in [-0.05, 0) is 36.4 Å². The Morgan fingerprint density at radius 3 is 3.12 bits per heavy atom. The van der Waals surface area contributed by atoms with Crippen LogP contribution in [-0.2, 0) is 11.2 Å². The average Bonchev–Trinajstić information content (AvgIpc) is 3.04. The molecule has 2 aromatic heterocycles. The van der Waals surface area contributed by atoms with Crippen LogP contribution >= 0.6 is 11.6 Å². The number of ether oxygens (including phenoxy) is 1. The molecule has 0 fully saturated rings. The van der Waals surface area contributed by atoms with E-state index in [2.05, 4.69) is 15.5 Å². The van der Waals surface area contributed by atoms with E-state index in [0.29, 0.717) is 23.6 Å². The zero-order chi connectivity index (χ0) is 17.2. The first-order valence-corrected chi connectivity index (χ1v) is 8.28. The molecule has 4 rings (SSSR count). The second-order valence-corrected chi connectivity index (χ2v) is 6.13. The Hall–Kier alpha value is -2.86. The highest BCUT2D eigenvalue weighted by Gasteiger charge is 2.17. The minimum atomic E-state index is -0.153. The summed E-state index contributed by atoms with van der Waals surface area (Å²) in [5.74, 6) is 1.39. The molecule has 1 aliphatic rings. The molecule has 126 valence electrons. The number of hydrogen-bond acceptors (Lipinski definition) is 4. The third kappa shape index (κ3) is 3.21. The minimum absolute atomic E-state index is 0.153. The molecule has 0 atom stereocenters. The number of hydrogen-bond donors (Lipinski definition) is 1. The number of rotatable bonds is 4. The fraction of sp³-hybridized carbons (Fsp3) is 0.167. The van der Waals surface area contributed by atoms with E-state index in [-0.39, 0.29) is 12.5 Å². The molecule has 3 heterocycles. The molecular formula is C18H15ClN4O2. The van der Waals surface area contributed by atoms with Gasteiger partial charge in [-0.3, -0.25) is 9.20 Å². The number of amides is 1. The number of nitrogens with zero attached hydrogens (tertiary/aromatic N) is 3. The summed E-state index contributed by atoms with van der Waals surface area (Å²) >= 11 is 5.99. The Morgan fingerprint density at radius 2 is 2.20 bits per heavy atom. The topological polar surface area (TPSA) is 68.5 Å². The van der Waals surface area contributed by atoms with Gasteiger partial charge in [-0.2, -0.15) is 0 Å². The second kappa shape index (κ2) is 6.57. The smallest absolute Gasteiger partial charge is 0.250 e. The molecule has 0 unspecified atom stereocenters. The highest BCUT2D eigenvalue weighted by Crippen LogP contribution is 2.28. The predicted molar refractivity (Wildman–Crippen MR) is 94.6 cm³/mol. The summed E-state index contributed by atoms with van der Waals surface area (Å²) in [5, 5.41) is 11.8. The molecule has 1 aliphatic heterocycles. The molecule has 1 aromatic carbocycles. The Kier molecular flexibility index (Phi) is 4.11. The van der Waals surface area contributed by atoms with E-state index >= 15 is 0 Å². The largest absolute Gasteiger partial charge is 0.488 e. The number of benzene rings is 1. The van der Waals surface area contributed by atoms with E-state index in [1.165, 1.54) is 0 Å². The highest BCUT2D eigenvalue weighted by atomic mass is 35.5. The van der Waals surface area contributed by atoms with Gasteiger partial charge in [-0.1, -0.05) is 17.7 Å². The van der Waals surface area contributed by atoms with E-state index in [0.717, 1.165) is 22.8 Å². The Bertz CT molecular complexity index is 980. The Labute approximate surface area is 149 Å². The first kappa shape index (κ1) is 15.7. The lowest BCUT2D eigenvalue weighted by molar-refractivity contribution is -0.117. The fourth-order valence-electron chi connectivity index (χ4n) is 2.74. The first-order valence-electron chi connectivity index (χ1n) is 7.90. The SMILES string of the molecule is O=C(NCCc1nnc2ccccn12)C1=Cc2cc(Cl)ccc2OC1. The number of aromatic nitrogens is 3. The summed E-state index contributed by atoms with van der Waals surface area (Å²) in [5.41, 5.74) is 2.17. The molecule has 1 amide bonds. The van der Waals surface area contributed by atoms with Crippen LogP contribution in [0.2, 0.25) is 5.02 Å². The summed E-state index contributed by atoms with van der Waals surface area (Å²) < 4.78 is 7.52. The van der Waals surface area contributed by atoms with Gasteiger partial charge in [0.2, 0.25) is 0 Å². The van der Waals surface area contributed by atoms with Crippen LogP contribution < -0.4 is 10.1 Å². The molecule has 7 heteroatoms. The fourth-order valence-corrected chi connectivity index (χ4v) is 2.92. The molecule has 0 saturated heterocycles. The van der Waals surface area contributed by atoms with Crippen molar-refractivity contribution in [1.82, 2.24) is 19.9 Å². The maximum Gasteiger partial charge on any atom is 0.250 e. The van der Waals surface area contributed by atoms with E-state index in [9.17, 15) is 4.79 Å². The van der Waals surface area contributed by atoms with Crippen molar-refractivity contribution in [3.05, 3.63) is 64.6 Å². The van der Waals surface area contributed by atoms with E-state index < -0.39 is 0 Å². The van der Waals surface area contributed by atoms with E-state index in [4.69, 9.17) is 16.3 Å². The third-order valence-electron chi connectivity index (χ3n) is 3.99. The summed E-state index contributed by atoms with van der Waals surface area (Å²) in [6.07, 6.45) is 4.31. The van der Waals surface area contributed by atoms with Gasteiger partial charge in [-0.15, -0.1) is 10.2 Å². The van der Waals surface area contributed by atoms with Crippen LogP contribution in [0.3, 0.4) is 0 Å². The van der Waals surface area contributed by atoms with Crippen molar-refractivity contribution in [2.24, 2.45) is 0 Å². The molecule has 25 heavy (non-hydrogen) atoms. The molecule has 1 N–H and O–H groups in total. The molecule has 6 nitrogen and oxygen atoms in total. The van der Waals surface area contributed by atoms with Crippen molar-refractivity contribution in [3.63, 3.8) is 0 Å². The van der Waals surface area contributed by atoms with Crippen molar-refractivity contribution in [1.29, 1.82) is 0 Å². The average molecular weight is 355 g/mol. The molecule has 0 spiro atoms. The Balaban J connectivity index is 1.41. The third-order valence-corrected chi connectivity index (χ3v) is 4.23. The normalized spacial score (nSPS) is 13.1. The van der Waals surface area contributed by atoms with Crippen LogP contribution in [-0.4, -0.2) is 33.7 Å². The quantitative estimate of drug-likeness (QED) is 0.781. The number of halogens is 1. The van der Waals surface area contributed by atoms with Crippen molar-refractivity contribution >= 4 is 29.2 Å². The summed E-state index contributed by atoms with van der Waals surface area (Å²) in [4.78, 5) is 12.3. The lowest BCUT2D eigenvalue weighted by atomic mass is 10.1. The molecule has 3 aromatic rings. The van der Waals surface area contributed by atoms with Gasteiger partial charge in [0.05, 0.1) is 5.57 Å². The summed E-state index contributed by atoms with van der Waals surface area (Å²) in [6, 6.07) is 11.1. The molecular weight excluding hydrogens is 340 g/mol. The van der Waals surface area contributed by atoms with Gasteiger partial charge in [0.25, 0.3) is 5.91 Å². The van der Waals surface area contributed by atoms with Crippen LogP contribution in [0.1, 0.15) is 11.4 Å². The van der Waals surface area contributed by atoms with Crippen LogP contribution in [0.4, 0.5) is 0 Å². The van der Waals surface area contributed by atoms with Crippen molar-refractivity contribution in [3.8, 4) is 5.75 Å². The summed E-state index contributed by atoms with van der Waals surface area (Å²) in [7, 11) is 0. The van der Waals surface area contributed by atoms with E-state index in [1.807, 2.05) is 34.9 Å². The van der Waals surface area contributed by atoms with Gasteiger partial charge in [0, 0.05) is 29.7 Å². The highest BCUT2D eigenvalue weighted by molar-refractivity contribution is 6.30. The Morgan fingerprint density at radius 1 is 1.28 bits per heavy atom. The molecule has 0 bridgehead atoms. The first-order chi connectivity index (χ1) is 12.2. The van der Waals surface area contributed by atoms with Crippen LogP contribution in [0.25, 0.3) is 11.7 Å².